The van der Waals surface area contributed by atoms with E-state index in [1.807, 2.05) is 19.9 Å². The fraction of sp³-hybridized carbons (Fsp3) is 0.400. The Morgan fingerprint density at radius 2 is 1.72 bits per heavy atom. The lowest BCUT2D eigenvalue weighted by atomic mass is 10.4. The van der Waals surface area contributed by atoms with Crippen LogP contribution in [0.2, 0.25) is 0 Å². The third-order valence-corrected chi connectivity index (χ3v) is 5.24. The maximum atomic E-state index is 12.5. The zero-order chi connectivity index (χ0) is 18.3. The van der Waals surface area contributed by atoms with Gasteiger partial charge >= 0.3 is 5.69 Å². The highest BCUT2D eigenvalue weighted by atomic mass is 79.9. The maximum absolute atomic E-state index is 12.5. The van der Waals surface area contributed by atoms with Gasteiger partial charge in [-0.3, -0.25) is 13.9 Å². The summed E-state index contributed by atoms with van der Waals surface area (Å²) in [5, 5.41) is 0.707. The Hall–Kier alpha value is -1.94. The number of hydrogen-bond acceptors (Lipinski definition) is 6. The quantitative estimate of drug-likeness (QED) is 0.357. The van der Waals surface area contributed by atoms with E-state index in [1.54, 1.807) is 11.6 Å². The molecule has 0 saturated carbocycles. The molecule has 0 fully saturated rings. The van der Waals surface area contributed by atoms with E-state index in [9.17, 15) is 9.59 Å². The van der Waals surface area contributed by atoms with Gasteiger partial charge in [0, 0.05) is 37.8 Å². The first-order valence-corrected chi connectivity index (χ1v) is 9.34. The Balaban J connectivity index is 1.93. The van der Waals surface area contributed by atoms with E-state index in [-0.39, 0.29) is 5.56 Å². The van der Waals surface area contributed by atoms with Crippen molar-refractivity contribution in [3.8, 4) is 0 Å². The number of halogens is 1. The fourth-order valence-corrected chi connectivity index (χ4v) is 4.01. The lowest BCUT2D eigenvalue weighted by molar-refractivity contribution is 0.699. The van der Waals surface area contributed by atoms with Crippen LogP contribution in [-0.2, 0) is 20.6 Å². The normalized spacial score (nSPS) is 11.4. The molecular weight excluding hydrogens is 408 g/mol. The van der Waals surface area contributed by atoms with Crippen LogP contribution in [0, 0.1) is 13.8 Å². The molecule has 3 aromatic heterocycles. The van der Waals surface area contributed by atoms with Crippen LogP contribution < -0.4 is 11.2 Å². The summed E-state index contributed by atoms with van der Waals surface area (Å²) < 4.78 is 4.75. The van der Waals surface area contributed by atoms with E-state index in [0.29, 0.717) is 33.4 Å². The minimum absolute atomic E-state index is 0.357. The van der Waals surface area contributed by atoms with Gasteiger partial charge in [0.05, 0.1) is 0 Å². The number of aryl methyl sites for hydroxylation is 4. The minimum atomic E-state index is -0.396. The number of aromatic nitrogens is 6. The molecule has 0 aliphatic heterocycles. The van der Waals surface area contributed by atoms with Crippen LogP contribution in [0.25, 0.3) is 11.2 Å². The van der Waals surface area contributed by atoms with Gasteiger partial charge in [0.1, 0.15) is 0 Å². The highest BCUT2D eigenvalue weighted by Gasteiger charge is 2.17. The average molecular weight is 425 g/mol. The van der Waals surface area contributed by atoms with E-state index in [0.717, 1.165) is 16.0 Å². The molecule has 0 N–H and O–H groups in total. The molecule has 3 aromatic rings. The molecule has 0 unspecified atom stereocenters. The smallest absolute Gasteiger partial charge is 0.312 e. The van der Waals surface area contributed by atoms with Gasteiger partial charge in [-0.25, -0.2) is 19.7 Å². The van der Waals surface area contributed by atoms with Gasteiger partial charge in [0.25, 0.3) is 5.56 Å². The molecule has 0 amide bonds. The van der Waals surface area contributed by atoms with Crippen molar-refractivity contribution in [3.05, 3.63) is 43.0 Å². The second-order valence-electron chi connectivity index (χ2n) is 5.69. The second-order valence-corrected chi connectivity index (χ2v) is 7.46. The molecule has 25 heavy (non-hydrogen) atoms. The molecule has 132 valence electrons. The first-order valence-electron chi connectivity index (χ1n) is 7.56. The zero-order valence-electron chi connectivity index (χ0n) is 14.3. The molecule has 8 nitrogen and oxygen atoms in total. The molecule has 0 atom stereocenters. The summed E-state index contributed by atoms with van der Waals surface area (Å²) in [6, 6.07) is 1.92. The maximum Gasteiger partial charge on any atom is 0.332 e. The van der Waals surface area contributed by atoms with Crippen molar-refractivity contribution in [1.82, 2.24) is 28.7 Å². The lowest BCUT2D eigenvalue weighted by Crippen LogP contribution is -2.37. The molecular formula is C15H17BrN6O2S. The van der Waals surface area contributed by atoms with Crippen molar-refractivity contribution >= 4 is 38.9 Å². The lowest BCUT2D eigenvalue weighted by Gasteiger charge is -2.07. The molecule has 3 heterocycles. The largest absolute Gasteiger partial charge is 0.332 e. The number of fused-ring (bicyclic) bond motifs is 1. The van der Waals surface area contributed by atoms with Crippen LogP contribution in [0.1, 0.15) is 11.4 Å². The summed E-state index contributed by atoms with van der Waals surface area (Å²) in [6.45, 7) is 4.40. The van der Waals surface area contributed by atoms with Crippen LogP contribution in [-0.4, -0.2) is 34.4 Å². The summed E-state index contributed by atoms with van der Waals surface area (Å²) in [5.41, 5.74) is 1.86. The minimum Gasteiger partial charge on any atom is -0.312 e. The predicted octanol–water partition coefficient (Wildman–Crippen LogP) is 1.40. The molecule has 0 spiro atoms. The zero-order valence-corrected chi connectivity index (χ0v) is 16.7. The van der Waals surface area contributed by atoms with Crippen molar-refractivity contribution in [1.29, 1.82) is 0 Å². The number of hydrogen-bond donors (Lipinski definition) is 0. The van der Waals surface area contributed by atoms with E-state index < -0.39 is 5.69 Å². The standard InChI is InChI=1S/C15H17BrN6O2S/c1-8-7-9(2)18-14(17-8)25-6-5-22-10-11(19-13(22)16)20(3)15(24)21(4)12(10)23/h7H,5-6H2,1-4H3. The number of thioether (sulfide) groups is 1. The molecule has 0 saturated heterocycles. The SMILES string of the molecule is Cc1cc(C)nc(SCCn2c(Br)nc3c2c(=O)n(C)c(=O)n3C)n1. The second kappa shape index (κ2) is 6.75. The fourth-order valence-electron chi connectivity index (χ4n) is 2.61. The van der Waals surface area contributed by atoms with Gasteiger partial charge in [0.15, 0.2) is 21.1 Å². The third-order valence-electron chi connectivity index (χ3n) is 3.81. The molecule has 10 heteroatoms. The first-order chi connectivity index (χ1) is 11.8. The van der Waals surface area contributed by atoms with E-state index in [2.05, 4.69) is 30.9 Å². The van der Waals surface area contributed by atoms with Crippen LogP contribution >= 0.6 is 27.7 Å². The van der Waals surface area contributed by atoms with Crippen LogP contribution in [0.5, 0.6) is 0 Å². The molecule has 0 aromatic carbocycles. The highest BCUT2D eigenvalue weighted by Crippen LogP contribution is 2.19. The molecule has 0 aliphatic rings. The Kier molecular flexibility index (Phi) is 4.83. The first kappa shape index (κ1) is 17.9. The number of imidazole rings is 1. The molecule has 3 rings (SSSR count). The summed E-state index contributed by atoms with van der Waals surface area (Å²) in [6.07, 6.45) is 0. The van der Waals surface area contributed by atoms with Gasteiger partial charge in [-0.1, -0.05) is 11.8 Å². The Morgan fingerprint density at radius 1 is 1.08 bits per heavy atom. The third kappa shape index (κ3) is 3.28. The van der Waals surface area contributed by atoms with Crippen LogP contribution in [0.15, 0.2) is 25.5 Å². The van der Waals surface area contributed by atoms with E-state index in [1.165, 1.54) is 23.4 Å². The summed E-state index contributed by atoms with van der Waals surface area (Å²) in [4.78, 5) is 37.6. The molecule has 0 radical (unpaired) electrons. The van der Waals surface area contributed by atoms with Crippen molar-refractivity contribution < 1.29 is 0 Å². The monoisotopic (exact) mass is 424 g/mol. The Bertz CT molecular complexity index is 1060. The Morgan fingerprint density at radius 3 is 2.36 bits per heavy atom. The van der Waals surface area contributed by atoms with E-state index >= 15 is 0 Å². The molecule has 0 bridgehead atoms. The van der Waals surface area contributed by atoms with Gasteiger partial charge in [-0.05, 0) is 35.8 Å². The van der Waals surface area contributed by atoms with Gasteiger partial charge in [0.2, 0.25) is 0 Å². The predicted molar refractivity (Wildman–Crippen MR) is 100 cm³/mol. The number of rotatable bonds is 4. The van der Waals surface area contributed by atoms with Crippen molar-refractivity contribution in [2.45, 2.75) is 25.5 Å². The summed E-state index contributed by atoms with van der Waals surface area (Å²) in [7, 11) is 3.07. The average Bonchev–Trinajstić information content (AvgIpc) is 2.87. The Labute approximate surface area is 156 Å². The number of nitrogens with zero attached hydrogens (tertiary/aromatic N) is 6. The van der Waals surface area contributed by atoms with Crippen molar-refractivity contribution in [2.75, 3.05) is 5.75 Å². The topological polar surface area (TPSA) is 87.6 Å². The molecule has 0 aliphatic carbocycles. The van der Waals surface area contributed by atoms with Crippen molar-refractivity contribution in [3.63, 3.8) is 0 Å². The summed E-state index contributed by atoms with van der Waals surface area (Å²) >= 11 is 4.90. The van der Waals surface area contributed by atoms with Crippen molar-refractivity contribution in [2.24, 2.45) is 14.1 Å². The highest BCUT2D eigenvalue weighted by molar-refractivity contribution is 9.10. The van der Waals surface area contributed by atoms with Crippen LogP contribution in [0.3, 0.4) is 0 Å². The van der Waals surface area contributed by atoms with E-state index in [4.69, 9.17) is 0 Å². The van der Waals surface area contributed by atoms with Crippen LogP contribution in [0.4, 0.5) is 0 Å². The van der Waals surface area contributed by atoms with Gasteiger partial charge in [-0.2, -0.15) is 0 Å². The van der Waals surface area contributed by atoms with Gasteiger partial charge in [-0.15, -0.1) is 0 Å². The summed E-state index contributed by atoms with van der Waals surface area (Å²) in [5.74, 6) is 0.666. The van der Waals surface area contributed by atoms with Gasteiger partial charge < -0.3 is 4.57 Å².